The molecule has 0 amide bonds. The van der Waals surface area contributed by atoms with Gasteiger partial charge in [-0.15, -0.1) is 0 Å². The minimum absolute atomic E-state index is 0.551. The molecule has 3 nitrogen and oxygen atoms in total. The van der Waals surface area contributed by atoms with Crippen LogP contribution >= 0.6 is 15.9 Å². The highest BCUT2D eigenvalue weighted by molar-refractivity contribution is 9.10. The van der Waals surface area contributed by atoms with Crippen LogP contribution in [0.25, 0.3) is 0 Å². The third kappa shape index (κ3) is 3.16. The van der Waals surface area contributed by atoms with Crippen molar-refractivity contribution in [1.82, 2.24) is 9.97 Å². The van der Waals surface area contributed by atoms with Crippen LogP contribution in [0.15, 0.2) is 16.9 Å². The minimum Gasteiger partial charge on any atom is -0.351 e. The van der Waals surface area contributed by atoms with Gasteiger partial charge < -0.3 is 5.32 Å². The molecule has 1 saturated carbocycles. The first-order chi connectivity index (χ1) is 7.24. The summed E-state index contributed by atoms with van der Waals surface area (Å²) in [5, 5.41) is 3.39. The van der Waals surface area contributed by atoms with Crippen molar-refractivity contribution in [2.75, 3.05) is 5.32 Å². The van der Waals surface area contributed by atoms with Gasteiger partial charge in [-0.25, -0.2) is 9.97 Å². The summed E-state index contributed by atoms with van der Waals surface area (Å²) in [6, 6.07) is 2.39. The number of rotatable bonds is 2. The maximum Gasteiger partial charge on any atom is 0.223 e. The molecule has 1 N–H and O–H groups in total. The van der Waals surface area contributed by atoms with Crippen molar-refractivity contribution in [3.8, 4) is 0 Å². The van der Waals surface area contributed by atoms with Crippen LogP contribution in [0.3, 0.4) is 0 Å². The Morgan fingerprint density at radius 2 is 2.07 bits per heavy atom. The standard InChI is InChI=1S/C11H16BrN3/c1-8-2-4-9(5-3-8)14-11-13-7-6-10(12)15-11/h6-9H,2-5H2,1H3,(H,13,14,15). The highest BCUT2D eigenvalue weighted by Crippen LogP contribution is 2.25. The molecule has 0 bridgehead atoms. The molecule has 1 heterocycles. The van der Waals surface area contributed by atoms with E-state index in [1.54, 1.807) is 6.20 Å². The van der Waals surface area contributed by atoms with Gasteiger partial charge in [-0.2, -0.15) is 0 Å². The second-order valence-electron chi connectivity index (χ2n) is 4.30. The normalized spacial score (nSPS) is 26.3. The third-order valence-electron chi connectivity index (χ3n) is 2.97. The third-order valence-corrected chi connectivity index (χ3v) is 3.41. The fourth-order valence-corrected chi connectivity index (χ4v) is 2.28. The first-order valence-electron chi connectivity index (χ1n) is 5.49. The van der Waals surface area contributed by atoms with E-state index in [1.165, 1.54) is 25.7 Å². The Kier molecular flexibility index (Phi) is 3.57. The van der Waals surface area contributed by atoms with Gasteiger partial charge in [0, 0.05) is 12.2 Å². The van der Waals surface area contributed by atoms with Crippen molar-refractivity contribution in [2.45, 2.75) is 38.6 Å². The molecule has 0 aromatic carbocycles. The number of nitrogens with zero attached hydrogens (tertiary/aromatic N) is 2. The van der Waals surface area contributed by atoms with Gasteiger partial charge in [-0.1, -0.05) is 6.92 Å². The van der Waals surface area contributed by atoms with E-state index in [-0.39, 0.29) is 0 Å². The van der Waals surface area contributed by atoms with Crippen molar-refractivity contribution in [1.29, 1.82) is 0 Å². The van der Waals surface area contributed by atoms with Gasteiger partial charge in [-0.05, 0) is 53.6 Å². The Balaban J connectivity index is 1.92. The van der Waals surface area contributed by atoms with E-state index in [2.05, 4.69) is 38.1 Å². The largest absolute Gasteiger partial charge is 0.351 e. The molecular weight excluding hydrogens is 254 g/mol. The molecule has 1 aliphatic carbocycles. The zero-order valence-electron chi connectivity index (χ0n) is 8.91. The molecule has 1 fully saturated rings. The number of hydrogen-bond acceptors (Lipinski definition) is 3. The average molecular weight is 270 g/mol. The minimum atomic E-state index is 0.551. The van der Waals surface area contributed by atoms with Gasteiger partial charge >= 0.3 is 0 Å². The van der Waals surface area contributed by atoms with E-state index in [9.17, 15) is 0 Å². The number of anilines is 1. The summed E-state index contributed by atoms with van der Waals surface area (Å²) >= 11 is 3.35. The fourth-order valence-electron chi connectivity index (χ4n) is 1.99. The Bertz CT molecular complexity index is 321. The first-order valence-corrected chi connectivity index (χ1v) is 6.28. The predicted molar refractivity (Wildman–Crippen MR) is 64.8 cm³/mol. The molecule has 0 saturated heterocycles. The summed E-state index contributed by atoms with van der Waals surface area (Å²) in [6.07, 6.45) is 6.86. The number of aromatic nitrogens is 2. The number of nitrogens with one attached hydrogen (secondary N) is 1. The fraction of sp³-hybridized carbons (Fsp3) is 0.636. The quantitative estimate of drug-likeness (QED) is 0.838. The molecule has 15 heavy (non-hydrogen) atoms. The van der Waals surface area contributed by atoms with Gasteiger partial charge in [0.15, 0.2) is 0 Å². The molecule has 82 valence electrons. The summed E-state index contributed by atoms with van der Waals surface area (Å²) < 4.78 is 0.837. The van der Waals surface area contributed by atoms with Crippen molar-refractivity contribution in [3.05, 3.63) is 16.9 Å². The first kappa shape index (κ1) is 10.9. The predicted octanol–water partition coefficient (Wildman–Crippen LogP) is 3.23. The lowest BCUT2D eigenvalue weighted by molar-refractivity contribution is 0.360. The van der Waals surface area contributed by atoms with E-state index < -0.39 is 0 Å². The molecular formula is C11H16BrN3. The molecule has 1 aliphatic rings. The molecule has 0 aliphatic heterocycles. The number of halogens is 1. The number of hydrogen-bond donors (Lipinski definition) is 1. The van der Waals surface area contributed by atoms with Crippen LogP contribution in [-0.2, 0) is 0 Å². The van der Waals surface area contributed by atoms with Crippen molar-refractivity contribution >= 4 is 21.9 Å². The lowest BCUT2D eigenvalue weighted by atomic mass is 9.87. The summed E-state index contributed by atoms with van der Waals surface area (Å²) in [5.41, 5.74) is 0. The van der Waals surface area contributed by atoms with E-state index in [4.69, 9.17) is 0 Å². The molecule has 4 heteroatoms. The maximum atomic E-state index is 4.28. The Morgan fingerprint density at radius 1 is 1.33 bits per heavy atom. The molecule has 0 radical (unpaired) electrons. The second-order valence-corrected chi connectivity index (χ2v) is 5.12. The monoisotopic (exact) mass is 269 g/mol. The summed E-state index contributed by atoms with van der Waals surface area (Å²) in [5.74, 6) is 1.62. The molecule has 1 aromatic heterocycles. The molecule has 0 unspecified atom stereocenters. The summed E-state index contributed by atoms with van der Waals surface area (Å²) in [6.45, 7) is 2.33. The second kappa shape index (κ2) is 4.92. The van der Waals surface area contributed by atoms with Crippen LogP contribution in [0.5, 0.6) is 0 Å². The Morgan fingerprint density at radius 3 is 2.73 bits per heavy atom. The van der Waals surface area contributed by atoms with Crippen LogP contribution < -0.4 is 5.32 Å². The van der Waals surface area contributed by atoms with Crippen molar-refractivity contribution in [2.24, 2.45) is 5.92 Å². The highest BCUT2D eigenvalue weighted by Gasteiger charge is 2.18. The van der Waals surface area contributed by atoms with E-state index >= 15 is 0 Å². The lowest BCUT2D eigenvalue weighted by Crippen LogP contribution is -2.26. The van der Waals surface area contributed by atoms with Crippen LogP contribution in [0, 0.1) is 5.92 Å². The Hall–Kier alpha value is -0.640. The maximum absolute atomic E-state index is 4.28. The van der Waals surface area contributed by atoms with Crippen molar-refractivity contribution in [3.63, 3.8) is 0 Å². The summed E-state index contributed by atoms with van der Waals surface area (Å²) in [7, 11) is 0. The van der Waals surface area contributed by atoms with Gasteiger partial charge in [0.1, 0.15) is 4.60 Å². The Labute approximate surface area is 98.8 Å². The van der Waals surface area contributed by atoms with Gasteiger partial charge in [-0.3, -0.25) is 0 Å². The molecule has 1 aromatic rings. The zero-order valence-corrected chi connectivity index (χ0v) is 10.5. The van der Waals surface area contributed by atoms with Crippen molar-refractivity contribution < 1.29 is 0 Å². The zero-order chi connectivity index (χ0) is 10.7. The molecule has 0 atom stereocenters. The summed E-state index contributed by atoms with van der Waals surface area (Å²) in [4.78, 5) is 8.48. The van der Waals surface area contributed by atoms with Gasteiger partial charge in [0.05, 0.1) is 0 Å². The van der Waals surface area contributed by atoms with E-state index in [1.807, 2.05) is 6.07 Å². The molecule has 0 spiro atoms. The molecule has 2 rings (SSSR count). The van der Waals surface area contributed by atoms with Crippen LogP contribution in [0.4, 0.5) is 5.95 Å². The smallest absolute Gasteiger partial charge is 0.223 e. The van der Waals surface area contributed by atoms with Crippen LogP contribution in [-0.4, -0.2) is 16.0 Å². The SMILES string of the molecule is CC1CCC(Nc2nccc(Br)n2)CC1. The van der Waals surface area contributed by atoms with Crippen LogP contribution in [0.1, 0.15) is 32.6 Å². The highest BCUT2D eigenvalue weighted by atomic mass is 79.9. The topological polar surface area (TPSA) is 37.8 Å². The van der Waals surface area contributed by atoms with E-state index in [0.29, 0.717) is 6.04 Å². The van der Waals surface area contributed by atoms with Gasteiger partial charge in [0.2, 0.25) is 5.95 Å². The lowest BCUT2D eigenvalue weighted by Gasteiger charge is -2.26. The van der Waals surface area contributed by atoms with Gasteiger partial charge in [0.25, 0.3) is 0 Å². The van der Waals surface area contributed by atoms with E-state index in [0.717, 1.165) is 16.5 Å². The average Bonchev–Trinajstić information content (AvgIpc) is 2.22. The van der Waals surface area contributed by atoms with Crippen LogP contribution in [0.2, 0.25) is 0 Å².